The van der Waals surface area contributed by atoms with Crippen LogP contribution in [0.15, 0.2) is 53.5 Å². The molecule has 1 amide bonds. The molecule has 0 unspecified atom stereocenters. The monoisotopic (exact) mass is 384 g/mol. The van der Waals surface area contributed by atoms with E-state index in [1.54, 1.807) is 19.2 Å². The van der Waals surface area contributed by atoms with Gasteiger partial charge in [-0.1, -0.05) is 43.7 Å². The highest BCUT2D eigenvalue weighted by molar-refractivity contribution is 5.94. The highest BCUT2D eigenvalue weighted by Gasteiger charge is 2.05. The van der Waals surface area contributed by atoms with Gasteiger partial charge in [0.25, 0.3) is 5.91 Å². The number of nitrogens with zero attached hydrogens (tertiary/aromatic N) is 1. The molecule has 0 aliphatic rings. The van der Waals surface area contributed by atoms with Gasteiger partial charge in [-0.15, -0.1) is 0 Å². The van der Waals surface area contributed by atoms with E-state index in [0.717, 1.165) is 18.4 Å². The Labute approximate surface area is 166 Å². The maximum atomic E-state index is 13.6. The Balaban J connectivity index is 1.76. The summed E-state index contributed by atoms with van der Waals surface area (Å²) in [6.07, 6.45) is 2.62. The molecule has 0 radical (unpaired) electrons. The van der Waals surface area contributed by atoms with Crippen LogP contribution in [0.2, 0.25) is 0 Å². The molecule has 2 aromatic carbocycles. The van der Waals surface area contributed by atoms with Gasteiger partial charge in [0.15, 0.2) is 5.96 Å². The average molecular weight is 384 g/mol. The third kappa shape index (κ3) is 7.02. The SMILES string of the molecule is CCCCNC(=O)c1ccc(CNC(=NC)NCCc2ccccc2F)cc1. The van der Waals surface area contributed by atoms with Crippen molar-refractivity contribution in [2.24, 2.45) is 4.99 Å². The molecule has 0 aliphatic carbocycles. The molecule has 0 saturated carbocycles. The second-order valence-electron chi connectivity index (χ2n) is 6.50. The van der Waals surface area contributed by atoms with E-state index in [2.05, 4.69) is 27.9 Å². The number of nitrogens with one attached hydrogen (secondary N) is 3. The second kappa shape index (κ2) is 11.7. The third-order valence-corrected chi connectivity index (χ3v) is 4.36. The molecule has 2 rings (SSSR count). The molecule has 0 fully saturated rings. The van der Waals surface area contributed by atoms with E-state index < -0.39 is 0 Å². The zero-order valence-electron chi connectivity index (χ0n) is 16.6. The number of amides is 1. The van der Waals surface area contributed by atoms with Crippen molar-refractivity contribution in [1.82, 2.24) is 16.0 Å². The minimum absolute atomic E-state index is 0.0430. The van der Waals surface area contributed by atoms with E-state index in [9.17, 15) is 9.18 Å². The Morgan fingerprint density at radius 2 is 1.75 bits per heavy atom. The maximum Gasteiger partial charge on any atom is 0.251 e. The first-order valence-corrected chi connectivity index (χ1v) is 9.69. The number of hydrogen-bond donors (Lipinski definition) is 3. The van der Waals surface area contributed by atoms with Crippen molar-refractivity contribution in [2.45, 2.75) is 32.7 Å². The number of hydrogen-bond acceptors (Lipinski definition) is 2. The van der Waals surface area contributed by atoms with Gasteiger partial charge in [0.1, 0.15) is 5.82 Å². The molecular formula is C22H29FN4O. The summed E-state index contributed by atoms with van der Waals surface area (Å²) in [5, 5.41) is 9.31. The summed E-state index contributed by atoms with van der Waals surface area (Å²) in [7, 11) is 1.70. The Morgan fingerprint density at radius 3 is 2.43 bits per heavy atom. The Hall–Kier alpha value is -2.89. The number of guanidine groups is 1. The van der Waals surface area contributed by atoms with E-state index in [4.69, 9.17) is 0 Å². The van der Waals surface area contributed by atoms with Gasteiger partial charge in [0.2, 0.25) is 0 Å². The number of rotatable bonds is 9. The van der Waals surface area contributed by atoms with Crippen molar-refractivity contribution in [3.05, 3.63) is 71.0 Å². The van der Waals surface area contributed by atoms with Gasteiger partial charge < -0.3 is 16.0 Å². The fourth-order valence-electron chi connectivity index (χ4n) is 2.68. The molecule has 2 aromatic rings. The fraction of sp³-hybridized carbons (Fsp3) is 0.364. The Morgan fingerprint density at radius 1 is 1.00 bits per heavy atom. The van der Waals surface area contributed by atoms with Gasteiger partial charge >= 0.3 is 0 Å². The van der Waals surface area contributed by atoms with Crippen molar-refractivity contribution in [2.75, 3.05) is 20.1 Å². The summed E-state index contributed by atoms with van der Waals surface area (Å²) in [5.74, 6) is 0.419. The summed E-state index contributed by atoms with van der Waals surface area (Å²) >= 11 is 0. The van der Waals surface area contributed by atoms with Gasteiger partial charge in [0.05, 0.1) is 0 Å². The van der Waals surface area contributed by atoms with Crippen molar-refractivity contribution in [3.8, 4) is 0 Å². The van der Waals surface area contributed by atoms with Gasteiger partial charge in [-0.2, -0.15) is 0 Å². The smallest absolute Gasteiger partial charge is 0.251 e. The zero-order valence-corrected chi connectivity index (χ0v) is 16.6. The van der Waals surface area contributed by atoms with Crippen LogP contribution in [-0.2, 0) is 13.0 Å². The summed E-state index contributed by atoms with van der Waals surface area (Å²) in [6, 6.07) is 14.3. The lowest BCUT2D eigenvalue weighted by atomic mass is 10.1. The lowest BCUT2D eigenvalue weighted by molar-refractivity contribution is 0.0953. The van der Waals surface area contributed by atoms with E-state index in [1.807, 2.05) is 30.3 Å². The average Bonchev–Trinajstić information content (AvgIpc) is 2.72. The summed E-state index contributed by atoms with van der Waals surface area (Å²) in [6.45, 7) is 3.96. The molecule has 0 aromatic heterocycles. The molecule has 0 aliphatic heterocycles. The van der Waals surface area contributed by atoms with E-state index >= 15 is 0 Å². The van der Waals surface area contributed by atoms with Gasteiger partial charge in [-0.25, -0.2) is 4.39 Å². The van der Waals surface area contributed by atoms with Crippen molar-refractivity contribution in [1.29, 1.82) is 0 Å². The van der Waals surface area contributed by atoms with Crippen LogP contribution in [0.4, 0.5) is 4.39 Å². The highest BCUT2D eigenvalue weighted by Crippen LogP contribution is 2.06. The van der Waals surface area contributed by atoms with Crippen LogP contribution in [0, 0.1) is 5.82 Å². The lowest BCUT2D eigenvalue weighted by Crippen LogP contribution is -2.37. The van der Waals surface area contributed by atoms with E-state index in [-0.39, 0.29) is 11.7 Å². The number of carbonyl (C=O) groups excluding carboxylic acids is 1. The molecule has 0 bridgehead atoms. The molecule has 28 heavy (non-hydrogen) atoms. The number of halogens is 1. The minimum atomic E-state index is -0.189. The molecular weight excluding hydrogens is 355 g/mol. The standard InChI is InChI=1S/C22H29FN4O/c1-3-4-14-25-21(28)19-11-9-17(10-12-19)16-27-22(24-2)26-15-13-18-7-5-6-8-20(18)23/h5-12H,3-4,13-16H2,1-2H3,(H,25,28)(H2,24,26,27). The number of carbonyl (C=O) groups is 1. The first kappa shape index (κ1) is 21.4. The molecule has 0 heterocycles. The largest absolute Gasteiger partial charge is 0.356 e. The normalized spacial score (nSPS) is 11.2. The number of benzene rings is 2. The predicted molar refractivity (Wildman–Crippen MR) is 112 cm³/mol. The Kier molecular flexibility index (Phi) is 8.98. The maximum absolute atomic E-state index is 13.6. The van der Waals surface area contributed by atoms with Crippen molar-refractivity contribution in [3.63, 3.8) is 0 Å². The van der Waals surface area contributed by atoms with Gasteiger partial charge in [0, 0.05) is 32.2 Å². The van der Waals surface area contributed by atoms with Crippen LogP contribution in [-0.4, -0.2) is 32.0 Å². The highest BCUT2D eigenvalue weighted by atomic mass is 19.1. The van der Waals surface area contributed by atoms with Crippen molar-refractivity contribution >= 4 is 11.9 Å². The van der Waals surface area contributed by atoms with Crippen LogP contribution < -0.4 is 16.0 Å². The van der Waals surface area contributed by atoms with Crippen LogP contribution >= 0.6 is 0 Å². The molecule has 6 heteroatoms. The van der Waals surface area contributed by atoms with Crippen molar-refractivity contribution < 1.29 is 9.18 Å². The second-order valence-corrected chi connectivity index (χ2v) is 6.50. The summed E-state index contributed by atoms with van der Waals surface area (Å²) in [5.41, 5.74) is 2.38. The van der Waals surface area contributed by atoms with Crippen LogP contribution in [0.3, 0.4) is 0 Å². The molecule has 3 N–H and O–H groups in total. The number of aliphatic imine (C=N–C) groups is 1. The van der Waals surface area contributed by atoms with Gasteiger partial charge in [-0.3, -0.25) is 9.79 Å². The van der Waals surface area contributed by atoms with Crippen LogP contribution in [0.1, 0.15) is 41.3 Å². The van der Waals surface area contributed by atoms with Crippen LogP contribution in [0.5, 0.6) is 0 Å². The molecule has 0 atom stereocenters. The summed E-state index contributed by atoms with van der Waals surface area (Å²) in [4.78, 5) is 16.2. The molecule has 0 spiro atoms. The lowest BCUT2D eigenvalue weighted by Gasteiger charge is -2.12. The molecule has 0 saturated heterocycles. The predicted octanol–water partition coefficient (Wildman–Crippen LogP) is 3.26. The van der Waals surface area contributed by atoms with Gasteiger partial charge in [-0.05, 0) is 42.2 Å². The molecule has 150 valence electrons. The quantitative estimate of drug-likeness (QED) is 0.353. The zero-order chi connectivity index (χ0) is 20.2. The Bertz CT molecular complexity index is 774. The topological polar surface area (TPSA) is 65.5 Å². The molecule has 5 nitrogen and oxygen atoms in total. The third-order valence-electron chi connectivity index (χ3n) is 4.36. The fourth-order valence-corrected chi connectivity index (χ4v) is 2.68. The van der Waals surface area contributed by atoms with E-state index in [1.165, 1.54) is 6.07 Å². The first-order valence-electron chi connectivity index (χ1n) is 9.69. The number of unbranched alkanes of at least 4 members (excludes halogenated alkanes) is 1. The minimum Gasteiger partial charge on any atom is -0.356 e. The first-order chi connectivity index (χ1) is 13.6. The van der Waals surface area contributed by atoms with E-state index in [0.29, 0.717) is 43.1 Å². The summed E-state index contributed by atoms with van der Waals surface area (Å²) < 4.78 is 13.6. The van der Waals surface area contributed by atoms with Crippen LogP contribution in [0.25, 0.3) is 0 Å².